The molecule has 2 aromatic rings. The Bertz CT molecular complexity index is 938. The topological polar surface area (TPSA) is 78.9 Å². The highest BCUT2D eigenvalue weighted by Gasteiger charge is 2.24. The van der Waals surface area contributed by atoms with Crippen LogP contribution in [0.2, 0.25) is 5.02 Å². The van der Waals surface area contributed by atoms with Gasteiger partial charge in [0.2, 0.25) is 11.8 Å². The fourth-order valence-electron chi connectivity index (χ4n) is 3.88. The Morgan fingerprint density at radius 3 is 2.55 bits per heavy atom. The fourth-order valence-corrected chi connectivity index (χ4v) is 4.11. The molecule has 1 aliphatic heterocycles. The third-order valence-corrected chi connectivity index (χ3v) is 5.83. The third kappa shape index (κ3) is 6.88. The predicted octanol–water partition coefficient (Wildman–Crippen LogP) is 2.97. The average molecular weight is 474 g/mol. The average Bonchev–Trinajstić information content (AvgIpc) is 3.05. The van der Waals surface area contributed by atoms with Crippen LogP contribution in [-0.2, 0) is 14.3 Å². The summed E-state index contributed by atoms with van der Waals surface area (Å²) in [6.45, 7) is 7.29. The second-order valence-electron chi connectivity index (χ2n) is 8.58. The number of hydrogen-bond acceptors (Lipinski definition) is 6. The number of halogens is 1. The Balaban J connectivity index is 1.61. The Morgan fingerprint density at radius 2 is 1.88 bits per heavy atom. The molecular weight excluding hydrogens is 442 g/mol. The highest BCUT2D eigenvalue weighted by atomic mass is 35.5. The number of carbonyl (C=O) groups is 2. The van der Waals surface area contributed by atoms with Crippen LogP contribution in [-0.4, -0.2) is 84.8 Å². The van der Waals surface area contributed by atoms with Crippen molar-refractivity contribution in [3.8, 4) is 11.3 Å². The van der Waals surface area contributed by atoms with Gasteiger partial charge in [0.05, 0.1) is 17.3 Å². The van der Waals surface area contributed by atoms with E-state index < -0.39 is 0 Å². The van der Waals surface area contributed by atoms with Gasteiger partial charge in [0.15, 0.2) is 5.82 Å². The maximum Gasteiger partial charge on any atom is 0.249 e. The van der Waals surface area contributed by atoms with Gasteiger partial charge in [0, 0.05) is 45.4 Å². The number of hydrogen-bond donors (Lipinski definition) is 0. The second-order valence-corrected chi connectivity index (χ2v) is 8.99. The molecule has 0 atom stereocenters. The van der Waals surface area contributed by atoms with Crippen LogP contribution >= 0.6 is 11.6 Å². The van der Waals surface area contributed by atoms with Gasteiger partial charge >= 0.3 is 0 Å². The summed E-state index contributed by atoms with van der Waals surface area (Å²) in [6.07, 6.45) is 0.815. The van der Waals surface area contributed by atoms with Crippen LogP contribution in [0.15, 0.2) is 36.4 Å². The number of carbonyl (C=O) groups excluding carboxylic acids is 2. The number of rotatable bonds is 8. The van der Waals surface area contributed by atoms with Crippen LogP contribution in [0.3, 0.4) is 0 Å². The molecular formula is C24H32ClN5O3. The molecule has 0 saturated carbocycles. The Morgan fingerprint density at radius 1 is 1.09 bits per heavy atom. The lowest BCUT2D eigenvalue weighted by molar-refractivity contribution is -0.143. The van der Waals surface area contributed by atoms with Crippen LogP contribution in [0.25, 0.3) is 11.3 Å². The number of amides is 2. The first-order chi connectivity index (χ1) is 15.9. The molecule has 0 aliphatic carbocycles. The number of ether oxygens (including phenoxy) is 1. The van der Waals surface area contributed by atoms with Crippen LogP contribution < -0.4 is 4.90 Å². The van der Waals surface area contributed by atoms with Crippen LogP contribution in [0.5, 0.6) is 0 Å². The highest BCUT2D eigenvalue weighted by Crippen LogP contribution is 2.26. The normalized spacial score (nSPS) is 14.3. The van der Waals surface area contributed by atoms with Gasteiger partial charge in [-0.25, -0.2) is 0 Å². The first-order valence-corrected chi connectivity index (χ1v) is 11.6. The molecule has 0 bridgehead atoms. The molecule has 1 saturated heterocycles. The molecule has 1 aliphatic rings. The number of anilines is 1. The first-order valence-electron chi connectivity index (χ1n) is 11.3. The molecule has 0 unspecified atom stereocenters. The van der Waals surface area contributed by atoms with E-state index in [4.69, 9.17) is 16.3 Å². The third-order valence-electron chi connectivity index (χ3n) is 5.51. The van der Waals surface area contributed by atoms with Crippen LogP contribution in [0.4, 0.5) is 5.82 Å². The molecule has 2 amide bonds. The van der Waals surface area contributed by atoms with Crippen molar-refractivity contribution < 1.29 is 14.3 Å². The van der Waals surface area contributed by atoms with E-state index in [1.807, 2.05) is 55.1 Å². The van der Waals surface area contributed by atoms with Gasteiger partial charge in [-0.05, 0) is 30.5 Å². The number of aromatic nitrogens is 2. The largest absolute Gasteiger partial charge is 0.375 e. The van der Waals surface area contributed by atoms with Crippen molar-refractivity contribution in [1.82, 2.24) is 20.0 Å². The minimum Gasteiger partial charge on any atom is -0.375 e. The zero-order chi connectivity index (χ0) is 23.8. The van der Waals surface area contributed by atoms with Crippen molar-refractivity contribution in [3.63, 3.8) is 0 Å². The van der Waals surface area contributed by atoms with Gasteiger partial charge in [-0.1, -0.05) is 43.6 Å². The summed E-state index contributed by atoms with van der Waals surface area (Å²) in [5.41, 5.74) is 1.57. The molecule has 178 valence electrons. The van der Waals surface area contributed by atoms with Crippen molar-refractivity contribution in [1.29, 1.82) is 0 Å². The lowest BCUT2D eigenvalue weighted by Crippen LogP contribution is -2.46. The fraction of sp³-hybridized carbons (Fsp3) is 0.500. The molecule has 33 heavy (non-hydrogen) atoms. The quantitative estimate of drug-likeness (QED) is 0.586. The van der Waals surface area contributed by atoms with Crippen molar-refractivity contribution in [3.05, 3.63) is 41.4 Å². The maximum absolute atomic E-state index is 13.0. The molecule has 0 radical (unpaired) electrons. The van der Waals surface area contributed by atoms with Gasteiger partial charge in [0.25, 0.3) is 0 Å². The molecule has 0 N–H and O–H groups in total. The molecule has 3 rings (SSSR count). The van der Waals surface area contributed by atoms with E-state index in [1.54, 1.807) is 4.90 Å². The van der Waals surface area contributed by atoms with Crippen LogP contribution in [0, 0.1) is 5.92 Å². The van der Waals surface area contributed by atoms with Crippen molar-refractivity contribution >= 4 is 29.2 Å². The van der Waals surface area contributed by atoms with E-state index in [2.05, 4.69) is 15.1 Å². The van der Waals surface area contributed by atoms with E-state index in [0.717, 1.165) is 30.0 Å². The molecule has 2 heterocycles. The smallest absolute Gasteiger partial charge is 0.249 e. The summed E-state index contributed by atoms with van der Waals surface area (Å²) in [6, 6.07) is 11.4. The summed E-state index contributed by atoms with van der Waals surface area (Å²) in [7, 11) is 1.49. The predicted molar refractivity (Wildman–Crippen MR) is 129 cm³/mol. The van der Waals surface area contributed by atoms with Crippen molar-refractivity contribution in [2.75, 3.05) is 57.9 Å². The standard InChI is InChI=1S/C24H32ClN5O3/c1-18(2)15-30(24(32)17-33-3)16-23(31)29-12-6-11-28(13-14-29)22-10-9-21(26-27-22)19-7-4-5-8-20(19)25/h4-5,7-10,18H,6,11-17H2,1-3H3. The maximum atomic E-state index is 13.0. The van der Waals surface area contributed by atoms with E-state index >= 15 is 0 Å². The molecule has 0 spiro atoms. The van der Waals surface area contributed by atoms with Crippen molar-refractivity contribution in [2.45, 2.75) is 20.3 Å². The Hall–Kier alpha value is -2.71. The monoisotopic (exact) mass is 473 g/mol. The molecule has 9 heteroatoms. The summed E-state index contributed by atoms with van der Waals surface area (Å²) < 4.78 is 4.98. The van der Waals surface area contributed by atoms with Gasteiger partial charge < -0.3 is 19.4 Å². The van der Waals surface area contributed by atoms with E-state index in [0.29, 0.717) is 31.2 Å². The lowest BCUT2D eigenvalue weighted by Gasteiger charge is -2.28. The Kier molecular flexibility index (Phi) is 9.03. The minimum atomic E-state index is -0.162. The lowest BCUT2D eigenvalue weighted by atomic mass is 10.1. The highest BCUT2D eigenvalue weighted by molar-refractivity contribution is 6.33. The van der Waals surface area contributed by atoms with Gasteiger partial charge in [-0.3, -0.25) is 9.59 Å². The summed E-state index contributed by atoms with van der Waals surface area (Å²) in [5.74, 6) is 0.842. The van der Waals surface area contributed by atoms with Crippen LogP contribution in [0.1, 0.15) is 20.3 Å². The molecule has 1 aromatic carbocycles. The van der Waals surface area contributed by atoms with E-state index in [-0.39, 0.29) is 30.9 Å². The summed E-state index contributed by atoms with van der Waals surface area (Å²) >= 11 is 6.27. The Labute approximate surface area is 200 Å². The minimum absolute atomic E-state index is 0.0172. The molecule has 8 nitrogen and oxygen atoms in total. The first kappa shape index (κ1) is 24.9. The van der Waals surface area contributed by atoms with E-state index in [9.17, 15) is 9.59 Å². The van der Waals surface area contributed by atoms with E-state index in [1.165, 1.54) is 7.11 Å². The molecule has 1 fully saturated rings. The molecule has 1 aromatic heterocycles. The van der Waals surface area contributed by atoms with Crippen molar-refractivity contribution in [2.24, 2.45) is 5.92 Å². The zero-order valence-electron chi connectivity index (χ0n) is 19.5. The van der Waals surface area contributed by atoms with Gasteiger partial charge in [-0.2, -0.15) is 0 Å². The number of methoxy groups -OCH3 is 1. The zero-order valence-corrected chi connectivity index (χ0v) is 20.3. The number of nitrogens with zero attached hydrogens (tertiary/aromatic N) is 5. The SMILES string of the molecule is COCC(=O)N(CC(=O)N1CCCN(c2ccc(-c3ccccc3Cl)nn2)CC1)CC(C)C. The number of benzene rings is 1. The second kappa shape index (κ2) is 12.0. The summed E-state index contributed by atoms with van der Waals surface area (Å²) in [4.78, 5) is 30.9. The van der Waals surface area contributed by atoms with Gasteiger partial charge in [0.1, 0.15) is 6.61 Å². The summed E-state index contributed by atoms with van der Waals surface area (Å²) in [5, 5.41) is 9.40. The van der Waals surface area contributed by atoms with Gasteiger partial charge in [-0.15, -0.1) is 10.2 Å².